The quantitative estimate of drug-likeness (QED) is 0.739. The lowest BCUT2D eigenvalue weighted by Gasteiger charge is -2.14. The molecule has 1 atom stereocenters. The van der Waals surface area contributed by atoms with Gasteiger partial charge >= 0.3 is 0 Å². The summed E-state index contributed by atoms with van der Waals surface area (Å²) < 4.78 is 10.8. The molecule has 4 nitrogen and oxygen atoms in total. The van der Waals surface area contributed by atoms with Crippen LogP contribution in [0.15, 0.2) is 12.1 Å². The van der Waals surface area contributed by atoms with Gasteiger partial charge in [0, 0.05) is 13.0 Å². The van der Waals surface area contributed by atoms with Crippen LogP contribution >= 0.6 is 11.6 Å². The normalized spacial score (nSPS) is 11.9. The third-order valence-electron chi connectivity index (χ3n) is 3.38. The van der Waals surface area contributed by atoms with Gasteiger partial charge in [-0.3, -0.25) is 4.79 Å². The van der Waals surface area contributed by atoms with Crippen molar-refractivity contribution >= 4 is 17.5 Å². The summed E-state index contributed by atoms with van der Waals surface area (Å²) in [6.45, 7) is 7.06. The van der Waals surface area contributed by atoms with Crippen molar-refractivity contribution in [2.75, 3.05) is 13.7 Å². The van der Waals surface area contributed by atoms with Gasteiger partial charge in [-0.2, -0.15) is 0 Å². The number of methoxy groups -OCH3 is 1. The van der Waals surface area contributed by atoms with E-state index in [0.717, 1.165) is 18.4 Å². The minimum Gasteiger partial charge on any atom is -0.493 e. The second-order valence-corrected chi connectivity index (χ2v) is 5.82. The van der Waals surface area contributed by atoms with Crippen molar-refractivity contribution in [3.8, 4) is 11.5 Å². The third-order valence-corrected chi connectivity index (χ3v) is 3.66. The molecule has 0 bridgehead atoms. The number of rotatable bonds is 9. The minimum absolute atomic E-state index is 0.0601. The number of carbonyl (C=O) groups is 1. The van der Waals surface area contributed by atoms with Gasteiger partial charge in [-0.1, -0.05) is 38.3 Å². The van der Waals surface area contributed by atoms with E-state index < -0.39 is 0 Å². The summed E-state index contributed by atoms with van der Waals surface area (Å²) in [5.74, 6) is 1.59. The SMILES string of the molecule is CCCC(C)CC(=O)NCc1cc(Cl)c(OCC)c(OC)c1. The third kappa shape index (κ3) is 5.76. The Bertz CT molecular complexity index is 491. The fourth-order valence-corrected chi connectivity index (χ4v) is 2.63. The Balaban J connectivity index is 2.66. The monoisotopic (exact) mass is 327 g/mol. The first kappa shape index (κ1) is 18.6. The maximum atomic E-state index is 11.9. The molecule has 0 aliphatic rings. The van der Waals surface area contributed by atoms with Gasteiger partial charge in [0.25, 0.3) is 0 Å². The van der Waals surface area contributed by atoms with Gasteiger partial charge in [0.1, 0.15) is 0 Å². The van der Waals surface area contributed by atoms with E-state index in [1.54, 1.807) is 13.2 Å². The average molecular weight is 328 g/mol. The molecule has 1 aromatic carbocycles. The van der Waals surface area contributed by atoms with Crippen LogP contribution < -0.4 is 14.8 Å². The Morgan fingerprint density at radius 3 is 2.68 bits per heavy atom. The maximum Gasteiger partial charge on any atom is 0.220 e. The van der Waals surface area contributed by atoms with Crippen LogP contribution in [-0.2, 0) is 11.3 Å². The summed E-state index contributed by atoms with van der Waals surface area (Å²) in [5, 5.41) is 3.41. The summed E-state index contributed by atoms with van der Waals surface area (Å²) in [6.07, 6.45) is 2.71. The lowest BCUT2D eigenvalue weighted by atomic mass is 10.0. The molecule has 0 aliphatic carbocycles. The average Bonchev–Trinajstić information content (AvgIpc) is 2.47. The highest BCUT2D eigenvalue weighted by molar-refractivity contribution is 6.32. The molecule has 0 fully saturated rings. The second-order valence-electron chi connectivity index (χ2n) is 5.42. The second kappa shape index (κ2) is 9.57. The number of hydrogen-bond donors (Lipinski definition) is 1. The predicted octanol–water partition coefficient (Wildman–Crippen LogP) is 4.19. The molecular formula is C17H26ClNO3. The molecule has 0 saturated carbocycles. The minimum atomic E-state index is 0.0601. The van der Waals surface area contributed by atoms with Crippen molar-refractivity contribution in [1.82, 2.24) is 5.32 Å². The van der Waals surface area contributed by atoms with E-state index >= 15 is 0 Å². The molecule has 0 saturated heterocycles. The molecule has 124 valence electrons. The van der Waals surface area contributed by atoms with E-state index in [1.165, 1.54) is 0 Å². The lowest BCUT2D eigenvalue weighted by molar-refractivity contribution is -0.122. The van der Waals surface area contributed by atoms with Crippen LogP contribution in [0.25, 0.3) is 0 Å². The zero-order chi connectivity index (χ0) is 16.5. The zero-order valence-corrected chi connectivity index (χ0v) is 14.6. The molecule has 0 spiro atoms. The van der Waals surface area contributed by atoms with Crippen molar-refractivity contribution in [2.24, 2.45) is 5.92 Å². The fraction of sp³-hybridized carbons (Fsp3) is 0.588. The van der Waals surface area contributed by atoms with Crippen LogP contribution in [0, 0.1) is 5.92 Å². The predicted molar refractivity (Wildman–Crippen MR) is 89.7 cm³/mol. The van der Waals surface area contributed by atoms with Crippen molar-refractivity contribution < 1.29 is 14.3 Å². The van der Waals surface area contributed by atoms with Gasteiger partial charge in [0.2, 0.25) is 5.91 Å². The summed E-state index contributed by atoms with van der Waals surface area (Å²) in [5.41, 5.74) is 0.891. The Hall–Kier alpha value is -1.42. The van der Waals surface area contributed by atoms with Gasteiger partial charge in [-0.05, 0) is 30.5 Å². The van der Waals surface area contributed by atoms with E-state index in [-0.39, 0.29) is 5.91 Å². The molecule has 0 aromatic heterocycles. The number of benzene rings is 1. The first-order chi connectivity index (χ1) is 10.5. The van der Waals surface area contributed by atoms with E-state index in [9.17, 15) is 4.79 Å². The lowest BCUT2D eigenvalue weighted by Crippen LogP contribution is -2.24. The highest BCUT2D eigenvalue weighted by Gasteiger charge is 2.13. The van der Waals surface area contributed by atoms with Crippen LogP contribution in [0.3, 0.4) is 0 Å². The molecule has 1 amide bonds. The Morgan fingerprint density at radius 2 is 2.09 bits per heavy atom. The van der Waals surface area contributed by atoms with E-state index in [1.807, 2.05) is 13.0 Å². The molecule has 1 aromatic rings. The molecule has 0 radical (unpaired) electrons. The summed E-state index contributed by atoms with van der Waals surface area (Å²) in [6, 6.07) is 3.64. The number of nitrogens with one attached hydrogen (secondary N) is 1. The highest BCUT2D eigenvalue weighted by Crippen LogP contribution is 2.36. The summed E-state index contributed by atoms with van der Waals surface area (Å²) >= 11 is 6.22. The summed E-state index contributed by atoms with van der Waals surface area (Å²) in [4.78, 5) is 11.9. The Kier molecular flexibility index (Phi) is 8.10. The topological polar surface area (TPSA) is 47.6 Å². The largest absolute Gasteiger partial charge is 0.493 e. The van der Waals surface area contributed by atoms with Crippen LogP contribution in [0.5, 0.6) is 11.5 Å². The summed E-state index contributed by atoms with van der Waals surface area (Å²) in [7, 11) is 1.57. The number of halogens is 1. The van der Waals surface area contributed by atoms with Crippen LogP contribution in [-0.4, -0.2) is 19.6 Å². The van der Waals surface area contributed by atoms with Gasteiger partial charge < -0.3 is 14.8 Å². The Labute approximate surface area is 138 Å². The molecule has 1 N–H and O–H groups in total. The van der Waals surface area contributed by atoms with E-state index in [0.29, 0.717) is 42.0 Å². The van der Waals surface area contributed by atoms with E-state index in [4.69, 9.17) is 21.1 Å². The van der Waals surface area contributed by atoms with Gasteiger partial charge in [-0.25, -0.2) is 0 Å². The highest BCUT2D eigenvalue weighted by atomic mass is 35.5. The molecule has 1 rings (SSSR count). The van der Waals surface area contributed by atoms with Gasteiger partial charge in [0.15, 0.2) is 11.5 Å². The zero-order valence-electron chi connectivity index (χ0n) is 13.9. The van der Waals surface area contributed by atoms with Gasteiger partial charge in [-0.15, -0.1) is 0 Å². The smallest absolute Gasteiger partial charge is 0.220 e. The number of carbonyl (C=O) groups excluding carboxylic acids is 1. The van der Waals surface area contributed by atoms with Gasteiger partial charge in [0.05, 0.1) is 18.7 Å². The number of hydrogen-bond acceptors (Lipinski definition) is 3. The van der Waals surface area contributed by atoms with E-state index in [2.05, 4.69) is 19.2 Å². The maximum absolute atomic E-state index is 11.9. The fourth-order valence-electron chi connectivity index (χ4n) is 2.34. The molecule has 5 heteroatoms. The molecule has 0 heterocycles. The molecule has 1 unspecified atom stereocenters. The number of ether oxygens (including phenoxy) is 2. The number of amides is 1. The van der Waals surface area contributed by atoms with Crippen LogP contribution in [0.1, 0.15) is 45.6 Å². The van der Waals surface area contributed by atoms with Crippen molar-refractivity contribution in [1.29, 1.82) is 0 Å². The molecule has 22 heavy (non-hydrogen) atoms. The molecule has 0 aliphatic heterocycles. The van der Waals surface area contributed by atoms with Crippen molar-refractivity contribution in [2.45, 2.75) is 46.6 Å². The standard InChI is InChI=1S/C17H26ClNO3/c1-5-7-12(3)8-16(20)19-11-13-9-14(18)17(22-6-2)15(10-13)21-4/h9-10,12H,5-8,11H2,1-4H3,(H,19,20). The van der Waals surface area contributed by atoms with Crippen LogP contribution in [0.4, 0.5) is 0 Å². The first-order valence-corrected chi connectivity index (χ1v) is 8.15. The Morgan fingerprint density at radius 1 is 1.36 bits per heavy atom. The first-order valence-electron chi connectivity index (χ1n) is 7.77. The van der Waals surface area contributed by atoms with Crippen molar-refractivity contribution in [3.05, 3.63) is 22.7 Å². The molecular weight excluding hydrogens is 302 g/mol. The van der Waals surface area contributed by atoms with Crippen molar-refractivity contribution in [3.63, 3.8) is 0 Å². The van der Waals surface area contributed by atoms with Crippen LogP contribution in [0.2, 0.25) is 5.02 Å².